The summed E-state index contributed by atoms with van der Waals surface area (Å²) in [5, 5.41) is 4.74. The molecule has 0 fully saturated rings. The zero-order valence-corrected chi connectivity index (χ0v) is 13.7. The van der Waals surface area contributed by atoms with Crippen LogP contribution in [0.5, 0.6) is 0 Å². The molecule has 1 aromatic heterocycles. The summed E-state index contributed by atoms with van der Waals surface area (Å²) >= 11 is 0. The Morgan fingerprint density at radius 1 is 1.24 bits per heavy atom. The van der Waals surface area contributed by atoms with Gasteiger partial charge in [0.05, 0.1) is 17.7 Å². The average Bonchev–Trinajstić information content (AvgIpc) is 2.45. The van der Waals surface area contributed by atoms with E-state index >= 15 is 0 Å². The first-order valence-corrected chi connectivity index (χ1v) is 7.58. The van der Waals surface area contributed by atoms with Gasteiger partial charge < -0.3 is 10.1 Å². The fourth-order valence-electron chi connectivity index (χ4n) is 2.89. The Kier molecular flexibility index (Phi) is 4.96. The Balaban J connectivity index is 2.44. The number of aromatic nitrogens is 1. The second kappa shape index (κ2) is 6.54. The zero-order chi connectivity index (χ0) is 15.5. The van der Waals surface area contributed by atoms with Gasteiger partial charge in [-0.25, -0.2) is 0 Å². The standard InChI is InChI=1S/C18H26N2O/c1-6-19-16(17(21-5)18(2,3)4)14-10-9-13-8-7-11-20-15(13)12-14/h7-12,16-17,19H,6H2,1-5H3. The van der Waals surface area contributed by atoms with Crippen LogP contribution in [0.2, 0.25) is 0 Å². The van der Waals surface area contributed by atoms with Crippen molar-refractivity contribution in [3.05, 3.63) is 42.1 Å². The molecule has 3 heteroatoms. The minimum Gasteiger partial charge on any atom is -0.379 e. The van der Waals surface area contributed by atoms with Crippen molar-refractivity contribution in [1.82, 2.24) is 10.3 Å². The minimum absolute atomic E-state index is 0.0562. The maximum atomic E-state index is 5.81. The van der Waals surface area contributed by atoms with E-state index < -0.39 is 0 Å². The van der Waals surface area contributed by atoms with Gasteiger partial charge in [-0.3, -0.25) is 4.98 Å². The predicted molar refractivity (Wildman–Crippen MR) is 88.4 cm³/mol. The second-order valence-electron chi connectivity index (χ2n) is 6.51. The van der Waals surface area contributed by atoms with Gasteiger partial charge in [-0.1, -0.05) is 45.9 Å². The molecular weight excluding hydrogens is 260 g/mol. The topological polar surface area (TPSA) is 34.2 Å². The smallest absolute Gasteiger partial charge is 0.0814 e. The maximum Gasteiger partial charge on any atom is 0.0814 e. The van der Waals surface area contributed by atoms with Crippen molar-refractivity contribution in [3.63, 3.8) is 0 Å². The van der Waals surface area contributed by atoms with Crippen molar-refractivity contribution in [2.75, 3.05) is 13.7 Å². The van der Waals surface area contributed by atoms with E-state index in [1.165, 1.54) is 10.9 Å². The number of ether oxygens (including phenoxy) is 1. The van der Waals surface area contributed by atoms with Crippen molar-refractivity contribution in [2.24, 2.45) is 5.41 Å². The van der Waals surface area contributed by atoms with Crippen LogP contribution < -0.4 is 5.32 Å². The van der Waals surface area contributed by atoms with Crippen LogP contribution in [-0.2, 0) is 4.74 Å². The number of pyridine rings is 1. The lowest BCUT2D eigenvalue weighted by molar-refractivity contribution is -0.0115. The molecule has 1 N–H and O–H groups in total. The van der Waals surface area contributed by atoms with Crippen LogP contribution in [0.25, 0.3) is 10.9 Å². The fraction of sp³-hybridized carbons (Fsp3) is 0.500. The highest BCUT2D eigenvalue weighted by Gasteiger charge is 2.33. The first-order chi connectivity index (χ1) is 9.97. The summed E-state index contributed by atoms with van der Waals surface area (Å²) in [4.78, 5) is 4.46. The number of fused-ring (bicyclic) bond motifs is 1. The number of likely N-dealkylation sites (N-methyl/N-ethyl adjacent to an activating group) is 1. The highest BCUT2D eigenvalue weighted by atomic mass is 16.5. The molecule has 0 aliphatic carbocycles. The van der Waals surface area contributed by atoms with Gasteiger partial charge in [0, 0.05) is 18.7 Å². The lowest BCUT2D eigenvalue weighted by Gasteiger charge is -2.36. The van der Waals surface area contributed by atoms with Gasteiger partial charge in [-0.2, -0.15) is 0 Å². The maximum absolute atomic E-state index is 5.81. The molecule has 0 amide bonds. The molecule has 2 atom stereocenters. The third kappa shape index (κ3) is 3.60. The summed E-state index contributed by atoms with van der Waals surface area (Å²) in [5.41, 5.74) is 2.31. The molecule has 0 aliphatic rings. The number of hydrogen-bond acceptors (Lipinski definition) is 3. The van der Waals surface area contributed by atoms with Crippen LogP contribution in [0.15, 0.2) is 36.5 Å². The summed E-state index contributed by atoms with van der Waals surface area (Å²) in [7, 11) is 1.79. The number of nitrogens with zero attached hydrogens (tertiary/aromatic N) is 1. The van der Waals surface area contributed by atoms with E-state index in [1.54, 1.807) is 7.11 Å². The number of hydrogen-bond donors (Lipinski definition) is 1. The first kappa shape index (κ1) is 15.9. The second-order valence-corrected chi connectivity index (χ2v) is 6.51. The molecule has 2 rings (SSSR count). The molecule has 0 radical (unpaired) electrons. The van der Waals surface area contributed by atoms with Gasteiger partial charge in [0.25, 0.3) is 0 Å². The highest BCUT2D eigenvalue weighted by Crippen LogP contribution is 2.33. The largest absolute Gasteiger partial charge is 0.379 e. The monoisotopic (exact) mass is 286 g/mol. The van der Waals surface area contributed by atoms with Crippen LogP contribution in [-0.4, -0.2) is 24.7 Å². The molecule has 0 spiro atoms. The molecule has 0 bridgehead atoms. The van der Waals surface area contributed by atoms with Crippen LogP contribution in [0.1, 0.15) is 39.3 Å². The Labute approximate surface area is 127 Å². The third-order valence-electron chi connectivity index (χ3n) is 3.82. The molecule has 2 aromatic rings. The summed E-state index contributed by atoms with van der Waals surface area (Å²) in [6, 6.07) is 10.7. The van der Waals surface area contributed by atoms with Crippen LogP contribution in [0, 0.1) is 5.41 Å². The van der Waals surface area contributed by atoms with Crippen molar-refractivity contribution in [1.29, 1.82) is 0 Å². The number of benzene rings is 1. The van der Waals surface area contributed by atoms with Gasteiger partial charge >= 0.3 is 0 Å². The van der Waals surface area contributed by atoms with E-state index in [2.05, 4.69) is 62.3 Å². The van der Waals surface area contributed by atoms with Gasteiger partial charge in [-0.05, 0) is 29.7 Å². The summed E-state index contributed by atoms with van der Waals surface area (Å²) < 4.78 is 5.81. The van der Waals surface area contributed by atoms with Gasteiger partial charge in [-0.15, -0.1) is 0 Å². The van der Waals surface area contributed by atoms with Crippen LogP contribution >= 0.6 is 0 Å². The molecule has 0 saturated carbocycles. The van der Waals surface area contributed by atoms with Gasteiger partial charge in [0.2, 0.25) is 0 Å². The summed E-state index contributed by atoms with van der Waals surface area (Å²) in [6.07, 6.45) is 1.94. The fourth-order valence-corrected chi connectivity index (χ4v) is 2.89. The summed E-state index contributed by atoms with van der Waals surface area (Å²) in [5.74, 6) is 0. The molecule has 1 aromatic carbocycles. The van der Waals surface area contributed by atoms with E-state index in [4.69, 9.17) is 4.74 Å². The van der Waals surface area contributed by atoms with Crippen molar-refractivity contribution in [2.45, 2.75) is 39.8 Å². The predicted octanol–water partition coefficient (Wildman–Crippen LogP) is 3.95. The Hall–Kier alpha value is -1.45. The minimum atomic E-state index is 0.0562. The van der Waals surface area contributed by atoms with Crippen molar-refractivity contribution < 1.29 is 4.74 Å². The molecule has 0 saturated heterocycles. The Morgan fingerprint density at radius 3 is 2.62 bits per heavy atom. The van der Waals surface area contributed by atoms with Crippen LogP contribution in [0.4, 0.5) is 0 Å². The molecule has 3 nitrogen and oxygen atoms in total. The van der Waals surface area contributed by atoms with Crippen LogP contribution in [0.3, 0.4) is 0 Å². The molecule has 21 heavy (non-hydrogen) atoms. The highest BCUT2D eigenvalue weighted by molar-refractivity contribution is 5.79. The third-order valence-corrected chi connectivity index (χ3v) is 3.82. The van der Waals surface area contributed by atoms with Gasteiger partial charge in [0.15, 0.2) is 0 Å². The SMILES string of the molecule is CCNC(c1ccc2cccnc2c1)C(OC)C(C)(C)C. The average molecular weight is 286 g/mol. The summed E-state index contributed by atoms with van der Waals surface area (Å²) in [6.45, 7) is 9.67. The van der Waals surface area contributed by atoms with E-state index in [0.29, 0.717) is 0 Å². The zero-order valence-electron chi connectivity index (χ0n) is 13.7. The first-order valence-electron chi connectivity index (χ1n) is 7.58. The van der Waals surface area contributed by atoms with Gasteiger partial charge in [0.1, 0.15) is 0 Å². The lowest BCUT2D eigenvalue weighted by atomic mass is 9.81. The molecule has 2 unspecified atom stereocenters. The number of nitrogens with one attached hydrogen (secondary N) is 1. The molecule has 0 aliphatic heterocycles. The lowest BCUT2D eigenvalue weighted by Crippen LogP contribution is -2.41. The Bertz CT molecular complexity index is 589. The van der Waals surface area contributed by atoms with E-state index in [1.807, 2.05) is 12.3 Å². The van der Waals surface area contributed by atoms with E-state index in [9.17, 15) is 0 Å². The normalized spacial score (nSPS) is 15.1. The van der Waals surface area contributed by atoms with E-state index in [-0.39, 0.29) is 17.6 Å². The quantitative estimate of drug-likeness (QED) is 0.903. The molecule has 1 heterocycles. The number of methoxy groups -OCH3 is 1. The Morgan fingerprint density at radius 2 is 2.00 bits per heavy atom. The molecular formula is C18H26N2O. The number of rotatable bonds is 5. The van der Waals surface area contributed by atoms with Crippen molar-refractivity contribution in [3.8, 4) is 0 Å². The molecule has 114 valence electrons. The van der Waals surface area contributed by atoms with Crippen molar-refractivity contribution >= 4 is 10.9 Å². The van der Waals surface area contributed by atoms with E-state index in [0.717, 1.165) is 12.1 Å².